The largest absolute Gasteiger partial charge is 0.478 e. The van der Waals surface area contributed by atoms with Crippen LogP contribution in [0.2, 0.25) is 0 Å². The molecule has 0 spiro atoms. The number of carboxylic acids is 1. The summed E-state index contributed by atoms with van der Waals surface area (Å²) < 4.78 is 21.9. The van der Waals surface area contributed by atoms with E-state index >= 15 is 0 Å². The minimum atomic E-state index is -3.01. The van der Waals surface area contributed by atoms with E-state index in [0.717, 1.165) is 6.26 Å². The maximum atomic E-state index is 10.9. The zero-order valence-corrected chi connectivity index (χ0v) is 10.8. The summed E-state index contributed by atoms with van der Waals surface area (Å²) in [5, 5.41) is 8.86. The quantitative estimate of drug-likeness (QED) is 0.617. The van der Waals surface area contributed by atoms with Crippen LogP contribution in [0.3, 0.4) is 0 Å². The first-order valence-corrected chi connectivity index (χ1v) is 7.78. The normalized spacial score (nSPS) is 11.4. The number of carbonyl (C=O) groups is 1. The Labute approximate surface area is 104 Å². The number of aromatic carboxylic acids is 1. The molecule has 0 saturated heterocycles. The van der Waals surface area contributed by atoms with Gasteiger partial charge < -0.3 is 10.8 Å². The SMILES string of the molecule is CS(=O)(=O)CCSc1cccc(C(=O)O)c1N. The summed E-state index contributed by atoms with van der Waals surface area (Å²) in [6, 6.07) is 4.68. The molecule has 17 heavy (non-hydrogen) atoms. The molecule has 0 heterocycles. The molecule has 94 valence electrons. The Morgan fingerprint density at radius 3 is 2.65 bits per heavy atom. The van der Waals surface area contributed by atoms with Crippen molar-refractivity contribution >= 4 is 33.3 Å². The number of hydrogen-bond acceptors (Lipinski definition) is 5. The number of thioether (sulfide) groups is 1. The lowest BCUT2D eigenvalue weighted by Crippen LogP contribution is -2.06. The van der Waals surface area contributed by atoms with Crippen LogP contribution in [-0.4, -0.2) is 37.3 Å². The average molecular weight is 275 g/mol. The standard InChI is InChI=1S/C10H13NO4S2/c1-17(14,15)6-5-16-8-4-2-3-7(9(8)11)10(12)13/h2-4H,5-6,11H2,1H3,(H,12,13). The van der Waals surface area contributed by atoms with Crippen molar-refractivity contribution < 1.29 is 18.3 Å². The molecule has 0 aliphatic heterocycles. The number of nitrogens with two attached hydrogens (primary N) is 1. The van der Waals surface area contributed by atoms with Crippen LogP contribution in [0.15, 0.2) is 23.1 Å². The van der Waals surface area contributed by atoms with Gasteiger partial charge >= 0.3 is 5.97 Å². The second kappa shape index (κ2) is 5.42. The van der Waals surface area contributed by atoms with Gasteiger partial charge in [0.2, 0.25) is 0 Å². The van der Waals surface area contributed by atoms with Crippen LogP contribution in [-0.2, 0) is 9.84 Å². The zero-order chi connectivity index (χ0) is 13.1. The molecule has 1 aromatic rings. The fourth-order valence-corrected chi connectivity index (χ4v) is 3.36. The summed E-state index contributed by atoms with van der Waals surface area (Å²) in [6.07, 6.45) is 1.16. The molecule has 0 aliphatic rings. The van der Waals surface area contributed by atoms with Gasteiger partial charge in [-0.2, -0.15) is 0 Å². The lowest BCUT2D eigenvalue weighted by Gasteiger charge is -2.07. The molecule has 1 aromatic carbocycles. The van der Waals surface area contributed by atoms with Gasteiger partial charge in [0.15, 0.2) is 0 Å². The highest BCUT2D eigenvalue weighted by molar-refractivity contribution is 8.00. The Bertz CT molecular complexity index is 525. The highest BCUT2D eigenvalue weighted by Crippen LogP contribution is 2.27. The molecule has 1 rings (SSSR count). The fourth-order valence-electron chi connectivity index (χ4n) is 1.16. The summed E-state index contributed by atoms with van der Waals surface area (Å²) in [6.45, 7) is 0. The smallest absolute Gasteiger partial charge is 0.337 e. The van der Waals surface area contributed by atoms with E-state index in [2.05, 4.69) is 0 Å². The third-order valence-corrected chi connectivity index (χ3v) is 4.29. The molecule has 0 atom stereocenters. The van der Waals surface area contributed by atoms with Crippen molar-refractivity contribution in [3.63, 3.8) is 0 Å². The summed E-state index contributed by atoms with van der Waals surface area (Å²) in [4.78, 5) is 11.4. The molecule has 5 nitrogen and oxygen atoms in total. The van der Waals surface area contributed by atoms with Crippen LogP contribution in [0.5, 0.6) is 0 Å². The summed E-state index contributed by atoms with van der Waals surface area (Å²) in [5.41, 5.74) is 5.90. The average Bonchev–Trinajstić information content (AvgIpc) is 2.18. The highest BCUT2D eigenvalue weighted by atomic mass is 32.2. The molecular formula is C10H13NO4S2. The van der Waals surface area contributed by atoms with E-state index in [1.165, 1.54) is 17.8 Å². The van der Waals surface area contributed by atoms with Crippen molar-refractivity contribution in [2.75, 3.05) is 23.5 Å². The minimum absolute atomic E-state index is 0.0361. The molecule has 0 saturated carbocycles. The van der Waals surface area contributed by atoms with Crippen molar-refractivity contribution in [2.45, 2.75) is 4.90 Å². The summed E-state index contributed by atoms with van der Waals surface area (Å²) in [7, 11) is -3.01. The van der Waals surface area contributed by atoms with Crippen molar-refractivity contribution in [1.29, 1.82) is 0 Å². The Hall–Kier alpha value is -1.21. The van der Waals surface area contributed by atoms with Gasteiger partial charge in [0, 0.05) is 16.9 Å². The molecule has 0 fully saturated rings. The lowest BCUT2D eigenvalue weighted by atomic mass is 10.2. The Kier molecular flexibility index (Phi) is 4.41. The van der Waals surface area contributed by atoms with Crippen molar-refractivity contribution in [3.05, 3.63) is 23.8 Å². The van der Waals surface area contributed by atoms with Crippen molar-refractivity contribution in [1.82, 2.24) is 0 Å². The second-order valence-corrected chi connectivity index (χ2v) is 6.90. The monoisotopic (exact) mass is 275 g/mol. The predicted octanol–water partition coefficient (Wildman–Crippen LogP) is 1.10. The third-order valence-electron chi connectivity index (χ3n) is 2.01. The predicted molar refractivity (Wildman–Crippen MR) is 68.2 cm³/mol. The number of benzene rings is 1. The van der Waals surface area contributed by atoms with Crippen LogP contribution < -0.4 is 5.73 Å². The van der Waals surface area contributed by atoms with Gasteiger partial charge in [-0.25, -0.2) is 13.2 Å². The van der Waals surface area contributed by atoms with Gasteiger partial charge in [0.1, 0.15) is 9.84 Å². The molecule has 0 amide bonds. The first-order chi connectivity index (χ1) is 7.81. The van der Waals surface area contributed by atoms with Gasteiger partial charge in [-0.05, 0) is 12.1 Å². The number of sulfone groups is 1. The van der Waals surface area contributed by atoms with Crippen LogP contribution in [0.25, 0.3) is 0 Å². The maximum Gasteiger partial charge on any atom is 0.337 e. The molecule has 0 bridgehead atoms. The molecular weight excluding hydrogens is 262 g/mol. The van der Waals surface area contributed by atoms with Crippen LogP contribution in [0, 0.1) is 0 Å². The number of para-hydroxylation sites is 1. The van der Waals surface area contributed by atoms with E-state index < -0.39 is 15.8 Å². The molecule has 7 heteroatoms. The lowest BCUT2D eigenvalue weighted by molar-refractivity contribution is 0.0698. The third kappa shape index (κ3) is 4.27. The maximum absolute atomic E-state index is 10.9. The van der Waals surface area contributed by atoms with E-state index in [1.807, 2.05) is 0 Å². The number of nitrogen functional groups attached to an aromatic ring is 1. The van der Waals surface area contributed by atoms with Crippen molar-refractivity contribution in [3.8, 4) is 0 Å². The van der Waals surface area contributed by atoms with Crippen LogP contribution in [0.4, 0.5) is 5.69 Å². The minimum Gasteiger partial charge on any atom is -0.478 e. The van der Waals surface area contributed by atoms with Crippen molar-refractivity contribution in [2.24, 2.45) is 0 Å². The van der Waals surface area contributed by atoms with Gasteiger partial charge in [-0.1, -0.05) is 6.07 Å². The zero-order valence-electron chi connectivity index (χ0n) is 9.21. The second-order valence-electron chi connectivity index (χ2n) is 3.50. The topological polar surface area (TPSA) is 97.5 Å². The Balaban J connectivity index is 2.79. The van der Waals surface area contributed by atoms with E-state index in [-0.39, 0.29) is 17.0 Å². The first kappa shape index (κ1) is 13.9. The Morgan fingerprint density at radius 2 is 2.12 bits per heavy atom. The number of hydrogen-bond donors (Lipinski definition) is 2. The van der Waals surface area contributed by atoms with Crippen LogP contribution >= 0.6 is 11.8 Å². The van der Waals surface area contributed by atoms with E-state index in [9.17, 15) is 13.2 Å². The van der Waals surface area contributed by atoms with Gasteiger partial charge in [-0.15, -0.1) is 11.8 Å². The molecule has 0 aliphatic carbocycles. The van der Waals surface area contributed by atoms with E-state index in [0.29, 0.717) is 10.6 Å². The number of rotatable bonds is 5. The van der Waals surface area contributed by atoms with E-state index in [1.54, 1.807) is 12.1 Å². The van der Waals surface area contributed by atoms with E-state index in [4.69, 9.17) is 10.8 Å². The fraction of sp³-hybridized carbons (Fsp3) is 0.300. The van der Waals surface area contributed by atoms with Gasteiger partial charge in [-0.3, -0.25) is 0 Å². The van der Waals surface area contributed by atoms with Gasteiger partial charge in [0.25, 0.3) is 0 Å². The van der Waals surface area contributed by atoms with Gasteiger partial charge in [0.05, 0.1) is 17.0 Å². The summed E-state index contributed by atoms with van der Waals surface area (Å²) in [5.74, 6) is -0.700. The Morgan fingerprint density at radius 1 is 1.47 bits per heavy atom. The number of anilines is 1. The van der Waals surface area contributed by atoms with Crippen LogP contribution in [0.1, 0.15) is 10.4 Å². The highest BCUT2D eigenvalue weighted by Gasteiger charge is 2.11. The molecule has 0 aromatic heterocycles. The molecule has 0 radical (unpaired) electrons. The molecule has 0 unspecified atom stereocenters. The summed E-state index contributed by atoms with van der Waals surface area (Å²) >= 11 is 1.24. The number of carboxylic acid groups (broad SMARTS) is 1. The molecule has 3 N–H and O–H groups in total. The first-order valence-electron chi connectivity index (χ1n) is 4.73.